The van der Waals surface area contributed by atoms with E-state index in [-0.39, 0.29) is 5.82 Å². The molecule has 0 bridgehead atoms. The van der Waals surface area contributed by atoms with Gasteiger partial charge in [0.1, 0.15) is 5.82 Å². The zero-order chi connectivity index (χ0) is 14.0. The van der Waals surface area contributed by atoms with Crippen LogP contribution in [-0.4, -0.2) is 16.7 Å². The molecule has 1 aromatic heterocycles. The van der Waals surface area contributed by atoms with Crippen LogP contribution in [0, 0.1) is 5.82 Å². The minimum absolute atomic E-state index is 0.346. The first-order valence-electron chi connectivity index (χ1n) is 5.98. The van der Waals surface area contributed by atoms with Crippen LogP contribution in [0.1, 0.15) is 26.7 Å². The van der Waals surface area contributed by atoms with E-state index in [0.29, 0.717) is 21.8 Å². The van der Waals surface area contributed by atoms with Crippen molar-refractivity contribution in [2.24, 2.45) is 0 Å². The van der Waals surface area contributed by atoms with E-state index in [1.165, 1.54) is 12.1 Å². The summed E-state index contributed by atoms with van der Waals surface area (Å²) >= 11 is 3.24. The molecule has 2 aromatic rings. The van der Waals surface area contributed by atoms with Gasteiger partial charge in [0.05, 0.1) is 5.54 Å². The second kappa shape index (κ2) is 5.38. The molecule has 0 saturated carbocycles. The van der Waals surface area contributed by atoms with Gasteiger partial charge >= 0.3 is 0 Å². The molecule has 0 radical (unpaired) electrons. The van der Waals surface area contributed by atoms with E-state index in [4.69, 9.17) is 4.52 Å². The van der Waals surface area contributed by atoms with Gasteiger partial charge in [0, 0.05) is 10.0 Å². The average molecular weight is 328 g/mol. The molecule has 1 N–H and O–H groups in total. The van der Waals surface area contributed by atoms with Gasteiger partial charge < -0.3 is 9.84 Å². The lowest BCUT2D eigenvalue weighted by Gasteiger charge is -2.20. The minimum atomic E-state index is -0.412. The molecule has 0 atom stereocenters. The normalized spacial score (nSPS) is 11.8. The number of nitrogens with zero attached hydrogens (tertiary/aromatic N) is 2. The van der Waals surface area contributed by atoms with Gasteiger partial charge in [-0.1, -0.05) is 28.0 Å². The Morgan fingerprint density at radius 3 is 2.74 bits per heavy atom. The molecule has 2 rings (SSSR count). The zero-order valence-corrected chi connectivity index (χ0v) is 12.6. The van der Waals surface area contributed by atoms with Crippen molar-refractivity contribution in [1.29, 1.82) is 0 Å². The summed E-state index contributed by atoms with van der Waals surface area (Å²) in [7, 11) is 0. The molecule has 0 unspecified atom stereocenters. The highest BCUT2D eigenvalue weighted by Crippen LogP contribution is 2.25. The standard InChI is InChI=1S/C13H15BrFN3O/c1-4-16-13(2,3)12-17-11(18-19-12)8-5-9(14)7-10(15)6-8/h5-7,16H,4H2,1-3H3. The van der Waals surface area contributed by atoms with Gasteiger partial charge in [-0.15, -0.1) is 0 Å². The highest BCUT2D eigenvalue weighted by molar-refractivity contribution is 9.10. The van der Waals surface area contributed by atoms with E-state index in [0.717, 1.165) is 6.54 Å². The van der Waals surface area contributed by atoms with Crippen LogP contribution < -0.4 is 5.32 Å². The fourth-order valence-corrected chi connectivity index (χ4v) is 2.26. The number of hydrogen-bond acceptors (Lipinski definition) is 4. The Labute approximate surface area is 119 Å². The van der Waals surface area contributed by atoms with Crippen LogP contribution in [0.3, 0.4) is 0 Å². The SMILES string of the molecule is CCNC(C)(C)c1nc(-c2cc(F)cc(Br)c2)no1. The van der Waals surface area contributed by atoms with Crippen molar-refractivity contribution in [3.63, 3.8) is 0 Å². The van der Waals surface area contributed by atoms with Crippen LogP contribution in [0.25, 0.3) is 11.4 Å². The molecule has 4 nitrogen and oxygen atoms in total. The van der Waals surface area contributed by atoms with Gasteiger partial charge in [-0.2, -0.15) is 4.98 Å². The lowest BCUT2D eigenvalue weighted by atomic mass is 10.1. The number of aromatic nitrogens is 2. The number of rotatable bonds is 4. The van der Waals surface area contributed by atoms with Crippen molar-refractivity contribution < 1.29 is 8.91 Å². The Bertz CT molecular complexity index is 563. The van der Waals surface area contributed by atoms with Gasteiger partial charge in [-0.3, -0.25) is 0 Å². The zero-order valence-electron chi connectivity index (χ0n) is 11.0. The molecule has 0 spiro atoms. The van der Waals surface area contributed by atoms with Crippen LogP contribution >= 0.6 is 15.9 Å². The first-order chi connectivity index (χ1) is 8.92. The van der Waals surface area contributed by atoms with Gasteiger partial charge in [-0.05, 0) is 38.6 Å². The summed E-state index contributed by atoms with van der Waals surface area (Å²) in [5.41, 5.74) is 0.166. The maximum absolute atomic E-state index is 13.3. The first kappa shape index (κ1) is 14.1. The Hall–Kier alpha value is -1.27. The quantitative estimate of drug-likeness (QED) is 0.933. The fourth-order valence-electron chi connectivity index (χ4n) is 1.80. The van der Waals surface area contributed by atoms with E-state index < -0.39 is 5.54 Å². The molecule has 0 aliphatic rings. The number of hydrogen-bond donors (Lipinski definition) is 1. The third-order valence-corrected chi connectivity index (χ3v) is 3.16. The molecule has 0 aliphatic heterocycles. The predicted octanol–water partition coefficient (Wildman–Crippen LogP) is 3.48. The van der Waals surface area contributed by atoms with Crippen molar-refractivity contribution >= 4 is 15.9 Å². The second-order valence-corrected chi connectivity index (χ2v) is 5.65. The number of nitrogens with one attached hydrogen (secondary N) is 1. The number of halogens is 2. The maximum atomic E-state index is 13.3. The van der Waals surface area contributed by atoms with Crippen molar-refractivity contribution in [1.82, 2.24) is 15.5 Å². The third kappa shape index (κ3) is 3.19. The van der Waals surface area contributed by atoms with Crippen molar-refractivity contribution in [2.75, 3.05) is 6.54 Å². The molecule has 0 fully saturated rings. The van der Waals surface area contributed by atoms with Crippen LogP contribution in [0.4, 0.5) is 4.39 Å². The van der Waals surface area contributed by atoms with Crippen LogP contribution in [0.5, 0.6) is 0 Å². The molecule has 0 aliphatic carbocycles. The van der Waals surface area contributed by atoms with Crippen molar-refractivity contribution in [2.45, 2.75) is 26.3 Å². The molecular weight excluding hydrogens is 313 g/mol. The van der Waals surface area contributed by atoms with Crippen molar-refractivity contribution in [3.05, 3.63) is 34.4 Å². The molecular formula is C13H15BrFN3O. The average Bonchev–Trinajstić information content (AvgIpc) is 2.77. The van der Waals surface area contributed by atoms with E-state index in [1.807, 2.05) is 20.8 Å². The van der Waals surface area contributed by atoms with Crippen LogP contribution in [-0.2, 0) is 5.54 Å². The van der Waals surface area contributed by atoms with Gasteiger partial charge in [-0.25, -0.2) is 4.39 Å². The maximum Gasteiger partial charge on any atom is 0.246 e. The van der Waals surface area contributed by atoms with Crippen molar-refractivity contribution in [3.8, 4) is 11.4 Å². The van der Waals surface area contributed by atoms with Gasteiger partial charge in [0.15, 0.2) is 0 Å². The molecule has 0 saturated heterocycles. The van der Waals surface area contributed by atoms with Crippen LogP contribution in [0.2, 0.25) is 0 Å². The van der Waals surface area contributed by atoms with E-state index in [1.54, 1.807) is 6.07 Å². The summed E-state index contributed by atoms with van der Waals surface area (Å²) in [5.74, 6) is 0.507. The molecule has 19 heavy (non-hydrogen) atoms. The third-order valence-electron chi connectivity index (χ3n) is 2.70. The molecule has 6 heteroatoms. The monoisotopic (exact) mass is 327 g/mol. The smallest absolute Gasteiger partial charge is 0.246 e. The topological polar surface area (TPSA) is 51.0 Å². The lowest BCUT2D eigenvalue weighted by Crippen LogP contribution is -2.36. The number of benzene rings is 1. The Morgan fingerprint density at radius 1 is 1.37 bits per heavy atom. The molecule has 1 heterocycles. The Kier molecular flexibility index (Phi) is 4.01. The Morgan fingerprint density at radius 2 is 2.11 bits per heavy atom. The highest BCUT2D eigenvalue weighted by Gasteiger charge is 2.26. The van der Waals surface area contributed by atoms with E-state index in [2.05, 4.69) is 31.4 Å². The summed E-state index contributed by atoms with van der Waals surface area (Å²) in [6.45, 7) is 6.70. The summed E-state index contributed by atoms with van der Waals surface area (Å²) in [6, 6.07) is 4.50. The summed E-state index contributed by atoms with van der Waals surface area (Å²) in [6.07, 6.45) is 0. The van der Waals surface area contributed by atoms with Crippen LogP contribution in [0.15, 0.2) is 27.2 Å². The minimum Gasteiger partial charge on any atom is -0.337 e. The predicted molar refractivity (Wildman–Crippen MR) is 74.1 cm³/mol. The molecule has 0 amide bonds. The highest BCUT2D eigenvalue weighted by atomic mass is 79.9. The Balaban J connectivity index is 2.35. The molecule has 102 valence electrons. The molecule has 1 aromatic carbocycles. The van der Waals surface area contributed by atoms with Gasteiger partial charge in [0.2, 0.25) is 11.7 Å². The summed E-state index contributed by atoms with van der Waals surface area (Å²) in [4.78, 5) is 4.33. The summed E-state index contributed by atoms with van der Waals surface area (Å²) < 4.78 is 19.2. The largest absolute Gasteiger partial charge is 0.337 e. The van der Waals surface area contributed by atoms with E-state index >= 15 is 0 Å². The van der Waals surface area contributed by atoms with E-state index in [9.17, 15) is 4.39 Å². The lowest BCUT2D eigenvalue weighted by molar-refractivity contribution is 0.272. The first-order valence-corrected chi connectivity index (χ1v) is 6.77. The second-order valence-electron chi connectivity index (χ2n) is 4.74. The fraction of sp³-hybridized carbons (Fsp3) is 0.385. The summed E-state index contributed by atoms with van der Waals surface area (Å²) in [5, 5.41) is 7.15. The van der Waals surface area contributed by atoms with Gasteiger partial charge in [0.25, 0.3) is 0 Å².